The van der Waals surface area contributed by atoms with Crippen LogP contribution in [0.2, 0.25) is 0 Å². The number of benzene rings is 4. The minimum Gasteiger partial charge on any atom is -0.351 e. The molecule has 0 aliphatic rings. The second-order valence-corrected chi connectivity index (χ2v) is 9.90. The van der Waals surface area contributed by atoms with Crippen LogP contribution in [-0.2, 0) is 37.4 Å². The van der Waals surface area contributed by atoms with Crippen LogP contribution in [-0.4, -0.2) is 18.2 Å². The standard InChI is InChI=1S/C33H38N6O2/c34-20-25-11-7-12-26(17-25)22-37-32(35)39-33(41)38-23-28-14-8-13-27(18-28)21-36-31(40)30(29-15-5-2-6-16-29)19-24-9-3-1-4-10-24/h1-18,30,32,37H,19-23,34-35H2,(H,36,40)(H2,38,39,41). The van der Waals surface area contributed by atoms with Crippen LogP contribution in [0.5, 0.6) is 0 Å². The van der Waals surface area contributed by atoms with Crippen molar-refractivity contribution in [3.63, 3.8) is 0 Å². The maximum Gasteiger partial charge on any atom is 0.317 e. The summed E-state index contributed by atoms with van der Waals surface area (Å²) in [5.74, 6) is -0.325. The van der Waals surface area contributed by atoms with Gasteiger partial charge in [-0.15, -0.1) is 0 Å². The SMILES string of the molecule is NCc1cccc(CNC(N)NC(=O)NCc2cccc(CNC(=O)C(Cc3ccccc3)c3ccccc3)c2)c1. The molecule has 0 spiro atoms. The van der Waals surface area contributed by atoms with Crippen LogP contribution in [0.1, 0.15) is 39.3 Å². The number of carbonyl (C=O) groups is 2. The molecule has 4 rings (SSSR count). The molecule has 0 heterocycles. The van der Waals surface area contributed by atoms with Crippen molar-refractivity contribution in [2.75, 3.05) is 0 Å². The largest absolute Gasteiger partial charge is 0.351 e. The van der Waals surface area contributed by atoms with Gasteiger partial charge < -0.3 is 21.7 Å². The van der Waals surface area contributed by atoms with Gasteiger partial charge in [0.2, 0.25) is 5.91 Å². The number of nitrogens with two attached hydrogens (primary N) is 2. The average Bonchev–Trinajstić information content (AvgIpc) is 3.01. The second-order valence-electron chi connectivity index (χ2n) is 9.90. The summed E-state index contributed by atoms with van der Waals surface area (Å²) < 4.78 is 0. The van der Waals surface area contributed by atoms with Gasteiger partial charge in [0.25, 0.3) is 0 Å². The topological polar surface area (TPSA) is 134 Å². The van der Waals surface area contributed by atoms with Gasteiger partial charge in [0, 0.05) is 26.2 Å². The van der Waals surface area contributed by atoms with E-state index in [1.54, 1.807) is 0 Å². The number of hydrogen-bond donors (Lipinski definition) is 6. The highest BCUT2D eigenvalue weighted by molar-refractivity contribution is 5.84. The molecule has 2 unspecified atom stereocenters. The summed E-state index contributed by atoms with van der Waals surface area (Å²) in [6.07, 6.45) is -0.0983. The number of hydrogen-bond acceptors (Lipinski definition) is 5. The molecule has 4 aromatic rings. The Morgan fingerprint density at radius 3 is 1.83 bits per heavy atom. The number of amides is 3. The third-order valence-electron chi connectivity index (χ3n) is 6.75. The highest BCUT2D eigenvalue weighted by Crippen LogP contribution is 2.21. The van der Waals surface area contributed by atoms with Crippen LogP contribution in [0.3, 0.4) is 0 Å². The molecule has 0 fully saturated rings. The van der Waals surface area contributed by atoms with Crippen molar-refractivity contribution < 1.29 is 9.59 Å². The summed E-state index contributed by atoms with van der Waals surface area (Å²) in [4.78, 5) is 25.7. The van der Waals surface area contributed by atoms with Crippen molar-refractivity contribution in [1.82, 2.24) is 21.3 Å². The predicted molar refractivity (Wildman–Crippen MR) is 162 cm³/mol. The van der Waals surface area contributed by atoms with Gasteiger partial charge in [-0.25, -0.2) is 4.79 Å². The zero-order valence-corrected chi connectivity index (χ0v) is 23.1. The van der Waals surface area contributed by atoms with Gasteiger partial charge in [-0.1, -0.05) is 109 Å². The van der Waals surface area contributed by atoms with E-state index in [1.165, 1.54) is 0 Å². The molecule has 41 heavy (non-hydrogen) atoms. The summed E-state index contributed by atoms with van der Waals surface area (Å²) in [7, 11) is 0. The number of rotatable bonds is 13. The predicted octanol–water partition coefficient (Wildman–Crippen LogP) is 3.62. The Balaban J connectivity index is 1.26. The number of nitrogens with one attached hydrogen (secondary N) is 4. The van der Waals surface area contributed by atoms with E-state index in [4.69, 9.17) is 11.5 Å². The van der Waals surface area contributed by atoms with Crippen LogP contribution in [0.15, 0.2) is 109 Å². The molecule has 8 heteroatoms. The molecule has 0 radical (unpaired) electrons. The van der Waals surface area contributed by atoms with Crippen molar-refractivity contribution in [1.29, 1.82) is 0 Å². The van der Waals surface area contributed by atoms with Crippen LogP contribution >= 0.6 is 0 Å². The maximum atomic E-state index is 13.3. The lowest BCUT2D eigenvalue weighted by molar-refractivity contribution is -0.122. The van der Waals surface area contributed by atoms with Gasteiger partial charge in [-0.2, -0.15) is 0 Å². The average molecular weight is 551 g/mol. The first-order chi connectivity index (χ1) is 20.0. The molecule has 0 aliphatic heterocycles. The van der Waals surface area contributed by atoms with E-state index in [1.807, 2.05) is 109 Å². The lowest BCUT2D eigenvalue weighted by atomic mass is 9.91. The zero-order chi connectivity index (χ0) is 28.9. The van der Waals surface area contributed by atoms with Crippen LogP contribution in [0, 0.1) is 0 Å². The van der Waals surface area contributed by atoms with Crippen molar-refractivity contribution in [2.45, 2.75) is 44.8 Å². The van der Waals surface area contributed by atoms with Gasteiger partial charge in [0.05, 0.1) is 5.92 Å². The highest BCUT2D eigenvalue weighted by Gasteiger charge is 2.21. The van der Waals surface area contributed by atoms with Gasteiger partial charge >= 0.3 is 6.03 Å². The first-order valence-corrected chi connectivity index (χ1v) is 13.8. The molecule has 0 saturated heterocycles. The highest BCUT2D eigenvalue weighted by atomic mass is 16.2. The fourth-order valence-corrected chi connectivity index (χ4v) is 4.58. The monoisotopic (exact) mass is 550 g/mol. The minimum atomic E-state index is -0.716. The van der Waals surface area contributed by atoms with E-state index < -0.39 is 6.29 Å². The Morgan fingerprint density at radius 1 is 0.634 bits per heavy atom. The van der Waals surface area contributed by atoms with E-state index in [2.05, 4.69) is 21.3 Å². The maximum absolute atomic E-state index is 13.3. The first kappa shape index (κ1) is 29.5. The summed E-state index contributed by atoms with van der Waals surface area (Å²) in [5.41, 5.74) is 17.7. The van der Waals surface area contributed by atoms with E-state index in [0.717, 1.165) is 33.4 Å². The molecular weight excluding hydrogens is 512 g/mol. The Kier molecular flexibility index (Phi) is 11.0. The lowest BCUT2D eigenvalue weighted by Crippen LogP contribution is -2.54. The van der Waals surface area contributed by atoms with Gasteiger partial charge in [0.1, 0.15) is 6.29 Å². The van der Waals surface area contributed by atoms with E-state index in [9.17, 15) is 9.59 Å². The molecular formula is C33H38N6O2. The Labute approximate surface area is 241 Å². The molecule has 0 aliphatic carbocycles. The fourth-order valence-electron chi connectivity index (χ4n) is 4.58. The summed E-state index contributed by atoms with van der Waals surface area (Å²) in [6.45, 7) is 1.67. The van der Waals surface area contributed by atoms with E-state index >= 15 is 0 Å². The minimum absolute atomic E-state index is 0.0285. The van der Waals surface area contributed by atoms with Crippen LogP contribution < -0.4 is 32.7 Å². The smallest absolute Gasteiger partial charge is 0.317 e. The number of carbonyl (C=O) groups excluding carboxylic acids is 2. The van der Waals surface area contributed by atoms with Crippen molar-refractivity contribution in [3.05, 3.63) is 143 Å². The number of urea groups is 1. The molecule has 0 bridgehead atoms. The third-order valence-corrected chi connectivity index (χ3v) is 6.75. The van der Waals surface area contributed by atoms with Crippen LogP contribution in [0.25, 0.3) is 0 Å². The second kappa shape index (κ2) is 15.3. The van der Waals surface area contributed by atoms with E-state index in [0.29, 0.717) is 32.6 Å². The summed E-state index contributed by atoms with van der Waals surface area (Å²) in [5, 5.41) is 11.7. The molecule has 8 nitrogen and oxygen atoms in total. The molecule has 8 N–H and O–H groups in total. The summed E-state index contributed by atoms with van der Waals surface area (Å²) in [6, 6.07) is 35.1. The molecule has 0 saturated carbocycles. The normalized spacial score (nSPS) is 12.2. The quantitative estimate of drug-likeness (QED) is 0.141. The van der Waals surface area contributed by atoms with Crippen LogP contribution in [0.4, 0.5) is 4.79 Å². The Bertz CT molecular complexity index is 1400. The molecule has 4 aromatic carbocycles. The zero-order valence-electron chi connectivity index (χ0n) is 23.1. The van der Waals surface area contributed by atoms with Crippen molar-refractivity contribution >= 4 is 11.9 Å². The fraction of sp³-hybridized carbons (Fsp3) is 0.212. The lowest BCUT2D eigenvalue weighted by Gasteiger charge is -2.18. The summed E-state index contributed by atoms with van der Waals surface area (Å²) >= 11 is 0. The third kappa shape index (κ3) is 9.58. The Hall–Kier alpha value is -4.50. The van der Waals surface area contributed by atoms with Gasteiger partial charge in [0.15, 0.2) is 0 Å². The molecule has 0 aromatic heterocycles. The van der Waals surface area contributed by atoms with Gasteiger partial charge in [-0.3, -0.25) is 15.8 Å². The molecule has 2 atom stereocenters. The van der Waals surface area contributed by atoms with E-state index in [-0.39, 0.29) is 17.9 Å². The van der Waals surface area contributed by atoms with Gasteiger partial charge in [-0.05, 0) is 39.8 Å². The Morgan fingerprint density at radius 2 is 1.17 bits per heavy atom. The van der Waals surface area contributed by atoms with Crippen molar-refractivity contribution in [2.24, 2.45) is 11.5 Å². The first-order valence-electron chi connectivity index (χ1n) is 13.8. The van der Waals surface area contributed by atoms with Crippen molar-refractivity contribution in [3.8, 4) is 0 Å². The molecule has 3 amide bonds. The molecule has 212 valence electrons.